The molecule has 142 valence electrons. The van der Waals surface area contributed by atoms with Gasteiger partial charge in [0, 0.05) is 24.5 Å². The molecule has 2 heterocycles. The molecule has 1 N–H and O–H groups in total. The van der Waals surface area contributed by atoms with Gasteiger partial charge in [-0.05, 0) is 37.6 Å². The third kappa shape index (κ3) is 4.38. The van der Waals surface area contributed by atoms with Crippen LogP contribution in [0, 0.1) is 11.3 Å². The van der Waals surface area contributed by atoms with Crippen LogP contribution in [0.1, 0.15) is 25.8 Å². The van der Waals surface area contributed by atoms with E-state index in [4.69, 9.17) is 0 Å². The number of rotatable bonds is 7. The quantitative estimate of drug-likeness (QED) is 0.615. The fourth-order valence-electron chi connectivity index (χ4n) is 2.65. The Morgan fingerprint density at radius 3 is 2.71 bits per heavy atom. The van der Waals surface area contributed by atoms with Gasteiger partial charge in [0.05, 0.1) is 16.5 Å². The summed E-state index contributed by atoms with van der Waals surface area (Å²) in [5, 5.41) is 20.9. The van der Waals surface area contributed by atoms with Crippen LogP contribution in [0.3, 0.4) is 0 Å². The number of nitriles is 1. The summed E-state index contributed by atoms with van der Waals surface area (Å²) in [6, 6.07) is 12.8. The molecule has 1 atom stereocenters. The SMILES string of the molecule is CCCn1c(S[C@@H](C)C(=O)Nc2ccccc2C#N)nnc1-c1ccncc1. The molecule has 1 aromatic carbocycles. The zero-order valence-electron chi connectivity index (χ0n) is 15.7. The summed E-state index contributed by atoms with van der Waals surface area (Å²) in [4.78, 5) is 16.7. The number of thioether (sulfide) groups is 1. The average Bonchev–Trinajstić information content (AvgIpc) is 3.11. The summed E-state index contributed by atoms with van der Waals surface area (Å²) in [6.07, 6.45) is 4.35. The zero-order valence-corrected chi connectivity index (χ0v) is 16.5. The third-order valence-corrected chi connectivity index (χ3v) is 5.14. The summed E-state index contributed by atoms with van der Waals surface area (Å²) in [7, 11) is 0. The normalized spacial score (nSPS) is 11.6. The van der Waals surface area contributed by atoms with Crippen molar-refractivity contribution in [1.82, 2.24) is 19.7 Å². The van der Waals surface area contributed by atoms with Crippen LogP contribution in [0.25, 0.3) is 11.4 Å². The Kier molecular flexibility index (Phi) is 6.40. The second-order valence-electron chi connectivity index (χ2n) is 6.10. The molecule has 0 aliphatic heterocycles. The van der Waals surface area contributed by atoms with Gasteiger partial charge in [-0.25, -0.2) is 0 Å². The average molecular weight is 392 g/mol. The van der Waals surface area contributed by atoms with E-state index < -0.39 is 5.25 Å². The van der Waals surface area contributed by atoms with E-state index in [2.05, 4.69) is 33.5 Å². The van der Waals surface area contributed by atoms with Gasteiger partial charge >= 0.3 is 0 Å². The molecule has 0 saturated heterocycles. The van der Waals surface area contributed by atoms with Crippen molar-refractivity contribution in [2.24, 2.45) is 0 Å². The number of aromatic nitrogens is 4. The van der Waals surface area contributed by atoms with Crippen LogP contribution in [0.4, 0.5) is 5.69 Å². The topological polar surface area (TPSA) is 96.5 Å². The minimum atomic E-state index is -0.406. The number of nitrogens with zero attached hydrogens (tertiary/aromatic N) is 5. The number of benzene rings is 1. The largest absolute Gasteiger partial charge is 0.324 e. The fraction of sp³-hybridized carbons (Fsp3) is 0.250. The first-order valence-electron chi connectivity index (χ1n) is 8.94. The molecular formula is C20H20N6OS. The van der Waals surface area contributed by atoms with Gasteiger partial charge in [0.2, 0.25) is 5.91 Å². The lowest BCUT2D eigenvalue weighted by Gasteiger charge is -2.14. The molecule has 0 spiro atoms. The molecule has 0 fully saturated rings. The molecule has 0 bridgehead atoms. The highest BCUT2D eigenvalue weighted by atomic mass is 32.2. The van der Waals surface area contributed by atoms with Crippen LogP contribution in [-0.2, 0) is 11.3 Å². The summed E-state index contributed by atoms with van der Waals surface area (Å²) in [5.41, 5.74) is 1.87. The molecule has 28 heavy (non-hydrogen) atoms. The van der Waals surface area contributed by atoms with Crippen LogP contribution in [0.5, 0.6) is 0 Å². The van der Waals surface area contributed by atoms with Crippen LogP contribution >= 0.6 is 11.8 Å². The smallest absolute Gasteiger partial charge is 0.237 e. The Balaban J connectivity index is 1.78. The van der Waals surface area contributed by atoms with Gasteiger partial charge in [0.1, 0.15) is 6.07 Å². The summed E-state index contributed by atoms with van der Waals surface area (Å²) < 4.78 is 2.02. The molecular weight excluding hydrogens is 372 g/mol. The lowest BCUT2D eigenvalue weighted by atomic mass is 10.2. The van der Waals surface area contributed by atoms with Crippen molar-refractivity contribution >= 4 is 23.4 Å². The van der Waals surface area contributed by atoms with Gasteiger partial charge in [0.25, 0.3) is 0 Å². The number of nitrogens with one attached hydrogen (secondary N) is 1. The summed E-state index contributed by atoms with van der Waals surface area (Å²) in [6.45, 7) is 4.64. The first-order valence-corrected chi connectivity index (χ1v) is 9.82. The van der Waals surface area contributed by atoms with E-state index in [-0.39, 0.29) is 5.91 Å². The van der Waals surface area contributed by atoms with E-state index in [1.54, 1.807) is 36.7 Å². The van der Waals surface area contributed by atoms with Crippen molar-refractivity contribution in [3.8, 4) is 17.5 Å². The number of para-hydroxylation sites is 1. The minimum absolute atomic E-state index is 0.191. The maximum absolute atomic E-state index is 12.6. The second-order valence-corrected chi connectivity index (χ2v) is 7.41. The van der Waals surface area contributed by atoms with Crippen LogP contribution in [0.15, 0.2) is 53.9 Å². The van der Waals surface area contributed by atoms with Crippen molar-refractivity contribution in [2.75, 3.05) is 5.32 Å². The molecule has 0 aliphatic carbocycles. The van der Waals surface area contributed by atoms with Gasteiger partial charge in [0.15, 0.2) is 11.0 Å². The van der Waals surface area contributed by atoms with Gasteiger partial charge in [-0.2, -0.15) is 5.26 Å². The lowest BCUT2D eigenvalue weighted by Crippen LogP contribution is -2.23. The Labute approximate surface area is 167 Å². The van der Waals surface area contributed by atoms with Crippen LogP contribution < -0.4 is 5.32 Å². The molecule has 0 saturated carbocycles. The number of carbonyl (C=O) groups is 1. The third-order valence-electron chi connectivity index (χ3n) is 4.06. The van der Waals surface area contributed by atoms with E-state index in [1.165, 1.54) is 11.8 Å². The van der Waals surface area contributed by atoms with Gasteiger partial charge in [-0.1, -0.05) is 30.8 Å². The predicted octanol–water partition coefficient (Wildman–Crippen LogP) is 3.74. The number of carbonyl (C=O) groups excluding carboxylic acids is 1. The van der Waals surface area contributed by atoms with E-state index in [1.807, 2.05) is 23.6 Å². The van der Waals surface area contributed by atoms with Crippen LogP contribution in [0.2, 0.25) is 0 Å². The highest BCUT2D eigenvalue weighted by molar-refractivity contribution is 8.00. The number of anilines is 1. The van der Waals surface area contributed by atoms with E-state index in [9.17, 15) is 10.1 Å². The van der Waals surface area contributed by atoms with E-state index in [0.717, 1.165) is 24.4 Å². The Bertz CT molecular complexity index is 995. The minimum Gasteiger partial charge on any atom is -0.324 e. The Morgan fingerprint density at radius 1 is 1.25 bits per heavy atom. The molecule has 1 amide bonds. The van der Waals surface area contributed by atoms with Gasteiger partial charge in [-0.3, -0.25) is 9.78 Å². The van der Waals surface area contributed by atoms with Gasteiger partial charge in [-0.15, -0.1) is 10.2 Å². The highest BCUT2D eigenvalue weighted by Gasteiger charge is 2.21. The highest BCUT2D eigenvalue weighted by Crippen LogP contribution is 2.27. The number of pyridine rings is 1. The molecule has 3 aromatic rings. The lowest BCUT2D eigenvalue weighted by molar-refractivity contribution is -0.115. The maximum atomic E-state index is 12.6. The molecule has 0 aliphatic rings. The summed E-state index contributed by atoms with van der Waals surface area (Å²) in [5.74, 6) is 0.568. The van der Waals surface area contributed by atoms with Crippen molar-refractivity contribution in [3.63, 3.8) is 0 Å². The first-order chi connectivity index (χ1) is 13.6. The van der Waals surface area contributed by atoms with Crippen LogP contribution in [-0.4, -0.2) is 30.9 Å². The zero-order chi connectivity index (χ0) is 19.9. The van der Waals surface area contributed by atoms with E-state index >= 15 is 0 Å². The Hall–Kier alpha value is -3.18. The number of amides is 1. The maximum Gasteiger partial charge on any atom is 0.237 e. The standard InChI is InChI=1S/C20H20N6OS/c1-3-12-26-18(15-8-10-22-11-9-15)24-25-20(26)28-14(2)19(27)23-17-7-5-4-6-16(17)13-21/h4-11,14H,3,12H2,1-2H3,(H,23,27)/t14-/m0/s1. The molecule has 0 unspecified atom stereocenters. The van der Waals surface area contributed by atoms with Crippen molar-refractivity contribution in [1.29, 1.82) is 5.26 Å². The van der Waals surface area contributed by atoms with Crippen molar-refractivity contribution < 1.29 is 4.79 Å². The molecule has 0 radical (unpaired) electrons. The summed E-state index contributed by atoms with van der Waals surface area (Å²) >= 11 is 1.35. The number of hydrogen-bond donors (Lipinski definition) is 1. The van der Waals surface area contributed by atoms with Crippen molar-refractivity contribution in [3.05, 3.63) is 54.4 Å². The Morgan fingerprint density at radius 2 is 2.00 bits per heavy atom. The molecule has 8 heteroatoms. The molecule has 3 rings (SSSR count). The number of hydrogen-bond acceptors (Lipinski definition) is 6. The predicted molar refractivity (Wildman–Crippen MR) is 109 cm³/mol. The molecule has 7 nitrogen and oxygen atoms in total. The molecule has 2 aromatic heterocycles. The van der Waals surface area contributed by atoms with E-state index in [0.29, 0.717) is 16.4 Å². The first kappa shape index (κ1) is 19.6. The van der Waals surface area contributed by atoms with Crippen molar-refractivity contribution in [2.45, 2.75) is 37.2 Å². The van der Waals surface area contributed by atoms with Gasteiger partial charge < -0.3 is 9.88 Å². The monoisotopic (exact) mass is 392 g/mol. The fourth-order valence-corrected chi connectivity index (χ4v) is 3.53. The second kappa shape index (κ2) is 9.15.